The number of carbonyl (C=O) groups is 1. The fourth-order valence-electron chi connectivity index (χ4n) is 2.03. The number of nitrogens with zero attached hydrogens (tertiary/aromatic N) is 1. The topological polar surface area (TPSA) is 46.3 Å². The summed E-state index contributed by atoms with van der Waals surface area (Å²) < 4.78 is 0. The molecule has 1 unspecified atom stereocenters. The van der Waals surface area contributed by atoms with Crippen LogP contribution in [0.2, 0.25) is 0 Å². The van der Waals surface area contributed by atoms with Gasteiger partial charge in [-0.2, -0.15) is 0 Å². The first kappa shape index (κ1) is 12.5. The standard InChI is InChI=1S/C12H24N2O/c1-4-10(13)11(15)14-8-6-12(3,5-2)7-9-14/h10H,4-9,13H2,1-3H3. The molecular weight excluding hydrogens is 188 g/mol. The van der Waals surface area contributed by atoms with Gasteiger partial charge in [0.25, 0.3) is 0 Å². The van der Waals surface area contributed by atoms with Gasteiger partial charge in [-0.05, 0) is 24.7 Å². The summed E-state index contributed by atoms with van der Waals surface area (Å²) in [5.41, 5.74) is 6.19. The minimum atomic E-state index is -0.295. The number of hydrogen-bond donors (Lipinski definition) is 1. The van der Waals surface area contributed by atoms with Crippen LogP contribution in [0.4, 0.5) is 0 Å². The van der Waals surface area contributed by atoms with E-state index in [4.69, 9.17) is 5.73 Å². The number of likely N-dealkylation sites (tertiary alicyclic amines) is 1. The summed E-state index contributed by atoms with van der Waals surface area (Å²) in [6.45, 7) is 8.28. The fraction of sp³-hybridized carbons (Fsp3) is 0.917. The maximum Gasteiger partial charge on any atom is 0.239 e. The van der Waals surface area contributed by atoms with E-state index in [1.54, 1.807) is 0 Å². The van der Waals surface area contributed by atoms with Gasteiger partial charge in [-0.1, -0.05) is 27.2 Å². The van der Waals surface area contributed by atoms with Gasteiger partial charge in [-0.25, -0.2) is 0 Å². The Bertz CT molecular complexity index is 220. The van der Waals surface area contributed by atoms with Crippen molar-refractivity contribution in [1.29, 1.82) is 0 Å². The summed E-state index contributed by atoms with van der Waals surface area (Å²) in [5.74, 6) is 0.135. The normalized spacial score (nSPS) is 22.5. The van der Waals surface area contributed by atoms with Crippen molar-refractivity contribution < 1.29 is 4.79 Å². The first-order chi connectivity index (χ1) is 7.02. The molecule has 1 heterocycles. The fourth-order valence-corrected chi connectivity index (χ4v) is 2.03. The predicted molar refractivity (Wildman–Crippen MR) is 62.5 cm³/mol. The molecule has 1 atom stereocenters. The molecule has 1 aliphatic heterocycles. The number of carbonyl (C=O) groups excluding carboxylic acids is 1. The quantitative estimate of drug-likeness (QED) is 0.775. The Labute approximate surface area is 93.0 Å². The monoisotopic (exact) mass is 212 g/mol. The maximum atomic E-state index is 11.8. The van der Waals surface area contributed by atoms with Crippen LogP contribution in [0.25, 0.3) is 0 Å². The number of piperidine rings is 1. The number of rotatable bonds is 3. The first-order valence-electron chi connectivity index (χ1n) is 6.07. The van der Waals surface area contributed by atoms with Gasteiger partial charge in [0.2, 0.25) is 5.91 Å². The molecular formula is C12H24N2O. The van der Waals surface area contributed by atoms with Crippen molar-refractivity contribution in [3.05, 3.63) is 0 Å². The van der Waals surface area contributed by atoms with Crippen LogP contribution in [0.5, 0.6) is 0 Å². The average molecular weight is 212 g/mol. The van der Waals surface area contributed by atoms with Gasteiger partial charge < -0.3 is 10.6 Å². The molecule has 0 aromatic rings. The number of hydrogen-bond acceptors (Lipinski definition) is 2. The zero-order valence-electron chi connectivity index (χ0n) is 10.3. The van der Waals surface area contributed by atoms with E-state index in [1.165, 1.54) is 6.42 Å². The Morgan fingerprint density at radius 1 is 1.40 bits per heavy atom. The van der Waals surface area contributed by atoms with Crippen LogP contribution in [0.15, 0.2) is 0 Å². The summed E-state index contributed by atoms with van der Waals surface area (Å²) in [6.07, 6.45) is 4.17. The molecule has 1 fully saturated rings. The lowest BCUT2D eigenvalue weighted by molar-refractivity contribution is -0.134. The second-order valence-corrected chi connectivity index (χ2v) is 5.00. The van der Waals surface area contributed by atoms with Crippen molar-refractivity contribution in [1.82, 2.24) is 4.90 Å². The third-order valence-corrected chi connectivity index (χ3v) is 3.89. The Kier molecular flexibility index (Phi) is 4.14. The van der Waals surface area contributed by atoms with Gasteiger partial charge >= 0.3 is 0 Å². The molecule has 0 bridgehead atoms. The molecule has 88 valence electrons. The van der Waals surface area contributed by atoms with Crippen molar-refractivity contribution in [2.75, 3.05) is 13.1 Å². The third-order valence-electron chi connectivity index (χ3n) is 3.89. The lowest BCUT2D eigenvalue weighted by Gasteiger charge is -2.39. The van der Waals surface area contributed by atoms with Crippen molar-refractivity contribution in [3.63, 3.8) is 0 Å². The number of amides is 1. The molecule has 1 saturated heterocycles. The highest BCUT2D eigenvalue weighted by Crippen LogP contribution is 2.33. The molecule has 0 radical (unpaired) electrons. The molecule has 2 N–H and O–H groups in total. The van der Waals surface area contributed by atoms with Crippen molar-refractivity contribution in [3.8, 4) is 0 Å². The predicted octanol–water partition coefficient (Wildman–Crippen LogP) is 1.76. The Morgan fingerprint density at radius 3 is 2.33 bits per heavy atom. The minimum absolute atomic E-state index is 0.135. The molecule has 15 heavy (non-hydrogen) atoms. The Hall–Kier alpha value is -0.570. The highest BCUT2D eigenvalue weighted by atomic mass is 16.2. The van der Waals surface area contributed by atoms with E-state index in [0.717, 1.165) is 32.4 Å². The smallest absolute Gasteiger partial charge is 0.239 e. The molecule has 3 heteroatoms. The van der Waals surface area contributed by atoms with Crippen LogP contribution < -0.4 is 5.73 Å². The maximum absolute atomic E-state index is 11.8. The summed E-state index contributed by atoms with van der Waals surface area (Å²) in [5, 5.41) is 0. The molecule has 0 aromatic carbocycles. The van der Waals surface area contributed by atoms with Crippen LogP contribution in [-0.4, -0.2) is 29.9 Å². The molecule has 1 aliphatic rings. The summed E-state index contributed by atoms with van der Waals surface area (Å²) in [4.78, 5) is 13.8. The van der Waals surface area contributed by atoms with E-state index in [1.807, 2.05) is 11.8 Å². The van der Waals surface area contributed by atoms with Crippen LogP contribution in [0.3, 0.4) is 0 Å². The summed E-state index contributed by atoms with van der Waals surface area (Å²) in [6, 6.07) is -0.295. The van der Waals surface area contributed by atoms with Gasteiger partial charge in [0, 0.05) is 13.1 Å². The van der Waals surface area contributed by atoms with Gasteiger partial charge in [0.15, 0.2) is 0 Å². The molecule has 3 nitrogen and oxygen atoms in total. The van der Waals surface area contributed by atoms with E-state index >= 15 is 0 Å². The Balaban J connectivity index is 2.47. The molecule has 0 saturated carbocycles. The van der Waals surface area contributed by atoms with Gasteiger partial charge in [0.05, 0.1) is 6.04 Å². The third kappa shape index (κ3) is 2.94. The molecule has 0 aromatic heterocycles. The van der Waals surface area contributed by atoms with Crippen molar-refractivity contribution >= 4 is 5.91 Å². The second kappa shape index (κ2) is 4.97. The number of nitrogens with two attached hydrogens (primary N) is 1. The first-order valence-corrected chi connectivity index (χ1v) is 6.07. The van der Waals surface area contributed by atoms with Crippen LogP contribution in [0, 0.1) is 5.41 Å². The van der Waals surface area contributed by atoms with E-state index < -0.39 is 0 Å². The Morgan fingerprint density at radius 2 is 1.93 bits per heavy atom. The highest BCUT2D eigenvalue weighted by Gasteiger charge is 2.31. The van der Waals surface area contributed by atoms with E-state index in [9.17, 15) is 4.79 Å². The zero-order valence-corrected chi connectivity index (χ0v) is 10.3. The molecule has 0 spiro atoms. The van der Waals surface area contributed by atoms with Crippen LogP contribution in [0.1, 0.15) is 46.5 Å². The minimum Gasteiger partial charge on any atom is -0.341 e. The van der Waals surface area contributed by atoms with Gasteiger partial charge in [-0.3, -0.25) is 4.79 Å². The summed E-state index contributed by atoms with van der Waals surface area (Å²) in [7, 11) is 0. The second-order valence-electron chi connectivity index (χ2n) is 5.00. The largest absolute Gasteiger partial charge is 0.341 e. The molecule has 0 aliphatic carbocycles. The van der Waals surface area contributed by atoms with E-state index in [-0.39, 0.29) is 11.9 Å². The highest BCUT2D eigenvalue weighted by molar-refractivity contribution is 5.81. The van der Waals surface area contributed by atoms with E-state index in [2.05, 4.69) is 13.8 Å². The zero-order chi connectivity index (χ0) is 11.5. The lowest BCUT2D eigenvalue weighted by atomic mass is 9.78. The van der Waals surface area contributed by atoms with Gasteiger partial charge in [-0.15, -0.1) is 0 Å². The van der Waals surface area contributed by atoms with Gasteiger partial charge in [0.1, 0.15) is 0 Å². The van der Waals surface area contributed by atoms with Crippen molar-refractivity contribution in [2.45, 2.75) is 52.5 Å². The SMILES string of the molecule is CCC(N)C(=O)N1CCC(C)(CC)CC1. The molecule has 1 amide bonds. The van der Waals surface area contributed by atoms with Crippen molar-refractivity contribution in [2.24, 2.45) is 11.1 Å². The lowest BCUT2D eigenvalue weighted by Crippen LogP contribution is -2.48. The van der Waals surface area contributed by atoms with E-state index in [0.29, 0.717) is 5.41 Å². The average Bonchev–Trinajstić information content (AvgIpc) is 2.28. The van der Waals surface area contributed by atoms with Crippen LogP contribution >= 0.6 is 0 Å². The summed E-state index contributed by atoms with van der Waals surface area (Å²) >= 11 is 0. The molecule has 1 rings (SSSR count). The van der Waals surface area contributed by atoms with Crippen LogP contribution in [-0.2, 0) is 4.79 Å².